The van der Waals surface area contributed by atoms with Crippen molar-refractivity contribution in [2.24, 2.45) is 5.73 Å². The highest BCUT2D eigenvalue weighted by atomic mass is 32.2. The van der Waals surface area contributed by atoms with Gasteiger partial charge >= 0.3 is 0 Å². The van der Waals surface area contributed by atoms with Crippen molar-refractivity contribution in [1.82, 2.24) is 9.19 Å². The topological polar surface area (TPSA) is 123 Å². The Kier molecular flexibility index (Phi) is 6.42. The van der Waals surface area contributed by atoms with Crippen LogP contribution in [0.1, 0.15) is 15.9 Å². The first kappa shape index (κ1) is 23.1. The van der Waals surface area contributed by atoms with E-state index in [0.717, 1.165) is 9.65 Å². The zero-order valence-corrected chi connectivity index (χ0v) is 19.4. The molecule has 4 aromatic rings. The summed E-state index contributed by atoms with van der Waals surface area (Å²) < 4.78 is 44.2. The van der Waals surface area contributed by atoms with Crippen LogP contribution in [0.25, 0.3) is 10.9 Å². The first-order valence-corrected chi connectivity index (χ1v) is 11.8. The summed E-state index contributed by atoms with van der Waals surface area (Å²) in [5.41, 5.74) is 6.92. The number of hydrogen-bond donors (Lipinski definition) is 1. The predicted molar refractivity (Wildman–Crippen MR) is 126 cm³/mol. The zero-order chi connectivity index (χ0) is 24.3. The molecule has 0 saturated heterocycles. The first-order chi connectivity index (χ1) is 16.3. The molecule has 0 aliphatic carbocycles. The molecule has 1 aromatic heterocycles. The van der Waals surface area contributed by atoms with Gasteiger partial charge in [0.1, 0.15) is 24.7 Å². The van der Waals surface area contributed by atoms with Gasteiger partial charge in [-0.25, -0.2) is 0 Å². The number of nitrogens with zero attached hydrogens (tertiary/aromatic N) is 2. The van der Waals surface area contributed by atoms with Crippen molar-refractivity contribution in [2.45, 2.75) is 11.8 Å². The molecule has 0 fully saturated rings. The van der Waals surface area contributed by atoms with Crippen LogP contribution < -0.4 is 19.9 Å². The average molecular weight is 482 g/mol. The van der Waals surface area contributed by atoms with Gasteiger partial charge in [-0.2, -0.15) is 8.42 Å². The summed E-state index contributed by atoms with van der Waals surface area (Å²) in [6.45, 7) is 2.15. The van der Waals surface area contributed by atoms with Crippen molar-refractivity contribution in [3.05, 3.63) is 77.9 Å². The Labute approximate surface area is 196 Å². The lowest BCUT2D eigenvalue weighted by atomic mass is 10.2. The van der Waals surface area contributed by atoms with Gasteiger partial charge in [-0.1, -0.05) is 17.7 Å². The van der Waals surface area contributed by atoms with Gasteiger partial charge in [0.25, 0.3) is 10.0 Å². The summed E-state index contributed by atoms with van der Waals surface area (Å²) in [5, 5.41) is 4.74. The number of carbonyl (C=O) groups excluding carboxylic acids is 1. The molecule has 0 spiro atoms. The van der Waals surface area contributed by atoms with Gasteiger partial charge in [0.15, 0.2) is 0 Å². The van der Waals surface area contributed by atoms with Gasteiger partial charge < -0.3 is 19.9 Å². The van der Waals surface area contributed by atoms with Crippen LogP contribution in [-0.2, 0) is 10.0 Å². The molecule has 9 nitrogen and oxygen atoms in total. The van der Waals surface area contributed by atoms with Crippen LogP contribution in [-0.4, -0.2) is 43.8 Å². The van der Waals surface area contributed by atoms with Crippen LogP contribution in [0.4, 0.5) is 0 Å². The van der Waals surface area contributed by atoms with Crippen molar-refractivity contribution in [1.29, 1.82) is 0 Å². The number of aryl methyl sites for hydroxylation is 1. The standard InChI is InChI=1S/C24H23N3O6S/c1-16-3-10-20(11-4-16)34(29,30)27-22-12-9-19(31-2)15-21(22)24(26-27)33-14-13-32-18-7-5-17(6-8-18)23(25)28/h3-12,15H,13-14H2,1-2H3,(H2,25,28). The summed E-state index contributed by atoms with van der Waals surface area (Å²) in [4.78, 5) is 11.3. The van der Waals surface area contributed by atoms with E-state index in [1.165, 1.54) is 7.11 Å². The van der Waals surface area contributed by atoms with Crippen LogP contribution in [0.3, 0.4) is 0 Å². The Morgan fingerprint density at radius 2 is 1.59 bits per heavy atom. The Balaban J connectivity index is 1.57. The molecule has 0 aliphatic rings. The number of nitrogens with two attached hydrogens (primary N) is 1. The third-order valence-electron chi connectivity index (χ3n) is 5.10. The fourth-order valence-electron chi connectivity index (χ4n) is 3.28. The minimum Gasteiger partial charge on any atom is -0.497 e. The number of methoxy groups -OCH3 is 1. The van der Waals surface area contributed by atoms with Gasteiger partial charge in [0.2, 0.25) is 11.8 Å². The third kappa shape index (κ3) is 4.67. The number of carbonyl (C=O) groups is 1. The van der Waals surface area contributed by atoms with E-state index >= 15 is 0 Å². The number of amides is 1. The highest BCUT2D eigenvalue weighted by molar-refractivity contribution is 7.90. The van der Waals surface area contributed by atoms with Crippen LogP contribution in [0, 0.1) is 6.92 Å². The summed E-state index contributed by atoms with van der Waals surface area (Å²) in [5.74, 6) is 0.689. The van der Waals surface area contributed by atoms with Crippen molar-refractivity contribution in [2.75, 3.05) is 20.3 Å². The Hall–Kier alpha value is -4.05. The lowest BCUT2D eigenvalue weighted by Crippen LogP contribution is -2.15. The number of hydrogen-bond acceptors (Lipinski definition) is 7. The maximum atomic E-state index is 13.3. The van der Waals surface area contributed by atoms with Crippen LogP contribution in [0.5, 0.6) is 17.4 Å². The summed E-state index contributed by atoms with van der Waals surface area (Å²) in [7, 11) is -2.43. The van der Waals surface area contributed by atoms with Gasteiger partial charge in [-0.3, -0.25) is 4.79 Å². The highest BCUT2D eigenvalue weighted by Crippen LogP contribution is 2.31. The predicted octanol–water partition coefficient (Wildman–Crippen LogP) is 3.15. The second-order valence-corrected chi connectivity index (χ2v) is 9.20. The maximum Gasteiger partial charge on any atom is 0.283 e. The van der Waals surface area contributed by atoms with E-state index in [4.69, 9.17) is 19.9 Å². The fourth-order valence-corrected chi connectivity index (χ4v) is 4.56. The number of aromatic nitrogens is 2. The minimum absolute atomic E-state index is 0.103. The number of benzene rings is 3. The Morgan fingerprint density at radius 1 is 0.941 bits per heavy atom. The average Bonchev–Trinajstić information content (AvgIpc) is 3.21. The molecule has 0 radical (unpaired) electrons. The normalized spacial score (nSPS) is 11.4. The van der Waals surface area contributed by atoms with E-state index in [-0.39, 0.29) is 24.0 Å². The first-order valence-electron chi connectivity index (χ1n) is 10.3. The summed E-state index contributed by atoms with van der Waals surface area (Å²) in [6, 6.07) is 17.9. The highest BCUT2D eigenvalue weighted by Gasteiger charge is 2.24. The second kappa shape index (κ2) is 9.44. The van der Waals surface area contributed by atoms with Gasteiger partial charge in [0, 0.05) is 5.56 Å². The van der Waals surface area contributed by atoms with E-state index in [2.05, 4.69) is 5.10 Å². The molecule has 2 N–H and O–H groups in total. The Morgan fingerprint density at radius 3 is 2.24 bits per heavy atom. The number of primary amides is 1. The molecule has 1 heterocycles. The molecule has 0 saturated carbocycles. The molecular formula is C24H23N3O6S. The van der Waals surface area contributed by atoms with Gasteiger partial charge in [0.05, 0.1) is 22.9 Å². The summed E-state index contributed by atoms with van der Waals surface area (Å²) in [6.07, 6.45) is 0. The smallest absolute Gasteiger partial charge is 0.283 e. The molecule has 3 aromatic carbocycles. The number of fused-ring (bicyclic) bond motifs is 1. The lowest BCUT2D eigenvalue weighted by molar-refractivity contribution is 0.1000. The summed E-state index contributed by atoms with van der Waals surface area (Å²) >= 11 is 0. The molecule has 10 heteroatoms. The second-order valence-electron chi connectivity index (χ2n) is 7.43. The minimum atomic E-state index is -3.95. The Bertz CT molecular complexity index is 1430. The third-order valence-corrected chi connectivity index (χ3v) is 6.70. The molecule has 4 rings (SSSR count). The van der Waals surface area contributed by atoms with Crippen LogP contribution in [0.15, 0.2) is 71.6 Å². The SMILES string of the molecule is COc1ccc2c(c1)c(OCCOc1ccc(C(N)=O)cc1)nn2S(=O)(=O)c1ccc(C)cc1. The van der Waals surface area contributed by atoms with Gasteiger partial charge in [-0.05, 0) is 61.5 Å². The molecule has 34 heavy (non-hydrogen) atoms. The molecule has 176 valence electrons. The monoisotopic (exact) mass is 481 g/mol. The molecule has 0 bridgehead atoms. The number of rotatable bonds is 9. The van der Waals surface area contributed by atoms with E-state index in [1.807, 2.05) is 6.92 Å². The molecule has 0 unspecified atom stereocenters. The zero-order valence-electron chi connectivity index (χ0n) is 18.6. The largest absolute Gasteiger partial charge is 0.497 e. The van der Waals surface area contributed by atoms with Crippen LogP contribution >= 0.6 is 0 Å². The quantitative estimate of drug-likeness (QED) is 0.364. The van der Waals surface area contributed by atoms with Crippen molar-refractivity contribution in [3.63, 3.8) is 0 Å². The van der Waals surface area contributed by atoms with E-state index in [1.54, 1.807) is 66.7 Å². The van der Waals surface area contributed by atoms with E-state index in [9.17, 15) is 13.2 Å². The van der Waals surface area contributed by atoms with Crippen molar-refractivity contribution >= 4 is 26.8 Å². The van der Waals surface area contributed by atoms with Crippen molar-refractivity contribution < 1.29 is 27.4 Å². The van der Waals surface area contributed by atoms with Crippen molar-refractivity contribution in [3.8, 4) is 17.4 Å². The molecule has 0 atom stereocenters. The molecule has 1 amide bonds. The molecular weight excluding hydrogens is 458 g/mol. The fraction of sp³-hybridized carbons (Fsp3) is 0.167. The molecule has 0 aliphatic heterocycles. The van der Waals surface area contributed by atoms with E-state index in [0.29, 0.717) is 28.0 Å². The van der Waals surface area contributed by atoms with E-state index < -0.39 is 15.9 Å². The number of ether oxygens (including phenoxy) is 3. The lowest BCUT2D eigenvalue weighted by Gasteiger charge is -2.07. The maximum absolute atomic E-state index is 13.3. The van der Waals surface area contributed by atoms with Gasteiger partial charge in [-0.15, -0.1) is 9.19 Å². The van der Waals surface area contributed by atoms with Crippen LogP contribution in [0.2, 0.25) is 0 Å².